The maximum absolute atomic E-state index is 2.45. The van der Waals surface area contributed by atoms with Crippen molar-refractivity contribution in [2.45, 2.75) is 120 Å². The van der Waals surface area contributed by atoms with E-state index in [9.17, 15) is 0 Å². The molecule has 0 heteroatoms. The lowest BCUT2D eigenvalue weighted by atomic mass is 9.84. The smallest absolute Gasteiger partial charge is 0.00254 e. The molecule has 0 aliphatic carbocycles. The molecule has 0 radical (unpaired) electrons. The lowest BCUT2D eigenvalue weighted by Crippen LogP contribution is -2.05. The lowest BCUT2D eigenvalue weighted by molar-refractivity contribution is 0.806. The molecule has 0 saturated carbocycles. The summed E-state index contributed by atoms with van der Waals surface area (Å²) in [5, 5.41) is 0. The zero-order chi connectivity index (χ0) is 23.2. The molecule has 2 rings (SSSR count). The van der Waals surface area contributed by atoms with Gasteiger partial charge in [-0.1, -0.05) is 99.9 Å². The van der Waals surface area contributed by atoms with Gasteiger partial charge in [-0.15, -0.1) is 0 Å². The van der Waals surface area contributed by atoms with Crippen LogP contribution in [0, 0.1) is 13.8 Å². The van der Waals surface area contributed by atoms with E-state index >= 15 is 0 Å². The van der Waals surface area contributed by atoms with Crippen molar-refractivity contribution in [3.63, 3.8) is 0 Å². The van der Waals surface area contributed by atoms with Crippen LogP contribution < -0.4 is 0 Å². The average Bonchev–Trinajstić information content (AvgIpc) is 2.63. The molecule has 0 unspecified atom stereocenters. The van der Waals surface area contributed by atoms with Gasteiger partial charge in [0, 0.05) is 0 Å². The van der Waals surface area contributed by atoms with E-state index < -0.39 is 0 Å². The van der Waals surface area contributed by atoms with Crippen LogP contribution in [0.2, 0.25) is 0 Å². The van der Waals surface area contributed by atoms with Crippen molar-refractivity contribution in [1.29, 1.82) is 0 Å². The largest absolute Gasteiger partial charge is 0.0656 e. The van der Waals surface area contributed by atoms with Gasteiger partial charge in [0.05, 0.1) is 0 Å². The summed E-state index contributed by atoms with van der Waals surface area (Å²) in [6.07, 6.45) is 2.28. The van der Waals surface area contributed by atoms with Gasteiger partial charge >= 0.3 is 0 Å². The fourth-order valence-corrected chi connectivity index (χ4v) is 4.49. The molecular weight excluding hydrogens is 360 g/mol. The highest BCUT2D eigenvalue weighted by Gasteiger charge is 2.16. The van der Waals surface area contributed by atoms with Crippen LogP contribution in [0.5, 0.6) is 0 Å². The summed E-state index contributed by atoms with van der Waals surface area (Å²) in [4.78, 5) is 0. The Morgan fingerprint density at radius 1 is 0.500 bits per heavy atom. The van der Waals surface area contributed by atoms with E-state index in [1.165, 1.54) is 50.9 Å². The second-order valence-electron chi connectivity index (χ2n) is 10.3. The number of hydrogen-bond acceptors (Lipinski definition) is 0. The Hall–Kier alpha value is -1.56. The highest BCUT2D eigenvalue weighted by molar-refractivity contribution is 5.46. The van der Waals surface area contributed by atoms with Gasteiger partial charge in [-0.3, -0.25) is 0 Å². The van der Waals surface area contributed by atoms with Crippen molar-refractivity contribution in [2.24, 2.45) is 0 Å². The number of hydrogen-bond donors (Lipinski definition) is 0. The number of benzene rings is 2. The highest BCUT2D eigenvalue weighted by atomic mass is 14.2. The van der Waals surface area contributed by atoms with Crippen LogP contribution >= 0.6 is 0 Å². The second kappa shape index (κ2) is 11.7. The first-order valence-electron chi connectivity index (χ1n) is 12.2. The Kier molecular flexibility index (Phi) is 10.4. The van der Waals surface area contributed by atoms with Gasteiger partial charge in [-0.05, 0) is 88.4 Å². The summed E-state index contributed by atoms with van der Waals surface area (Å²) in [5.74, 6) is 2.27. The van der Waals surface area contributed by atoms with Gasteiger partial charge in [0.2, 0.25) is 0 Å². The van der Waals surface area contributed by atoms with E-state index in [4.69, 9.17) is 0 Å². The van der Waals surface area contributed by atoms with E-state index in [0.29, 0.717) is 23.7 Å². The molecule has 0 atom stereocenters. The summed E-state index contributed by atoms with van der Waals surface area (Å²) in [5.41, 5.74) is 11.9. The van der Waals surface area contributed by atoms with Crippen LogP contribution in [-0.4, -0.2) is 0 Å². The normalized spacial score (nSPS) is 11.5. The monoisotopic (exact) mass is 408 g/mol. The molecule has 2 aromatic rings. The summed E-state index contributed by atoms with van der Waals surface area (Å²) in [7, 11) is 0. The SMILES string of the molecule is CCC.Cc1c(C(C)C)cc(Cc2cc(C(C)C)c(C)c(C(C)C)c2)cc1C(C)C. The maximum atomic E-state index is 2.45. The Morgan fingerprint density at radius 2 is 0.700 bits per heavy atom. The molecule has 0 N–H and O–H groups in total. The maximum Gasteiger partial charge on any atom is -0.00254 e. The van der Waals surface area contributed by atoms with Gasteiger partial charge in [-0.2, -0.15) is 0 Å². The third kappa shape index (κ3) is 6.73. The molecule has 0 saturated heterocycles. The summed E-state index contributed by atoms with van der Waals surface area (Å²) >= 11 is 0. The third-order valence-corrected chi connectivity index (χ3v) is 5.99. The fraction of sp³-hybridized carbons (Fsp3) is 0.600. The first kappa shape index (κ1) is 26.5. The molecule has 0 heterocycles. The molecule has 2 aromatic carbocycles. The molecular formula is C30H48. The summed E-state index contributed by atoms with van der Waals surface area (Å²) in [6.45, 7) is 27.4. The standard InChI is InChI=1S/C27H40.C3H8/c1-16(2)24-12-22(13-25(17(3)4)20(24)9)11-23-14-26(18(5)6)21(10)27(15-23)19(7)8;1-3-2/h12-19H,11H2,1-10H3;3H2,1-2H3. The van der Waals surface area contributed by atoms with Gasteiger partial charge in [0.1, 0.15) is 0 Å². The molecule has 0 aliphatic rings. The van der Waals surface area contributed by atoms with Crippen LogP contribution in [0.25, 0.3) is 0 Å². The van der Waals surface area contributed by atoms with Crippen molar-refractivity contribution >= 4 is 0 Å². The Balaban J connectivity index is 0.00000141. The molecule has 0 aromatic heterocycles. The van der Waals surface area contributed by atoms with Crippen molar-refractivity contribution in [3.8, 4) is 0 Å². The first-order chi connectivity index (χ1) is 13.9. The fourth-order valence-electron chi connectivity index (χ4n) is 4.49. The Labute approximate surface area is 188 Å². The Bertz CT molecular complexity index is 677. The van der Waals surface area contributed by atoms with Gasteiger partial charge in [-0.25, -0.2) is 0 Å². The van der Waals surface area contributed by atoms with Gasteiger partial charge < -0.3 is 0 Å². The third-order valence-electron chi connectivity index (χ3n) is 5.99. The second-order valence-corrected chi connectivity index (χ2v) is 10.3. The van der Waals surface area contributed by atoms with Crippen LogP contribution in [0.3, 0.4) is 0 Å². The summed E-state index contributed by atoms with van der Waals surface area (Å²) in [6, 6.07) is 9.82. The highest BCUT2D eigenvalue weighted by Crippen LogP contribution is 2.32. The predicted octanol–water partition coefficient (Wildman–Crippen LogP) is 9.80. The molecule has 0 spiro atoms. The van der Waals surface area contributed by atoms with Crippen LogP contribution in [0.15, 0.2) is 24.3 Å². The van der Waals surface area contributed by atoms with Gasteiger partial charge in [0.25, 0.3) is 0 Å². The minimum Gasteiger partial charge on any atom is -0.0656 e. The van der Waals surface area contributed by atoms with E-state index in [-0.39, 0.29) is 0 Å². The molecule has 30 heavy (non-hydrogen) atoms. The van der Waals surface area contributed by atoms with E-state index in [1.54, 1.807) is 0 Å². The number of rotatable bonds is 6. The van der Waals surface area contributed by atoms with Gasteiger partial charge in [0.15, 0.2) is 0 Å². The van der Waals surface area contributed by atoms with Crippen molar-refractivity contribution < 1.29 is 0 Å². The van der Waals surface area contributed by atoms with E-state index in [0.717, 1.165) is 6.42 Å². The van der Waals surface area contributed by atoms with Crippen LogP contribution in [0.4, 0.5) is 0 Å². The van der Waals surface area contributed by atoms with Crippen molar-refractivity contribution in [1.82, 2.24) is 0 Å². The molecule has 168 valence electrons. The molecule has 0 bridgehead atoms. The predicted molar refractivity (Wildman–Crippen MR) is 137 cm³/mol. The van der Waals surface area contributed by atoms with Crippen LogP contribution in [-0.2, 0) is 6.42 Å². The van der Waals surface area contributed by atoms with Crippen LogP contribution in [0.1, 0.15) is 144 Å². The lowest BCUT2D eigenvalue weighted by Gasteiger charge is -2.21. The van der Waals surface area contributed by atoms with E-state index in [1.807, 2.05) is 0 Å². The Morgan fingerprint density at radius 3 is 0.867 bits per heavy atom. The zero-order valence-electron chi connectivity index (χ0n) is 22.0. The van der Waals surface area contributed by atoms with Crippen molar-refractivity contribution in [2.75, 3.05) is 0 Å². The van der Waals surface area contributed by atoms with E-state index in [2.05, 4.69) is 107 Å². The zero-order valence-corrected chi connectivity index (χ0v) is 22.0. The molecule has 0 nitrogen and oxygen atoms in total. The first-order valence-corrected chi connectivity index (χ1v) is 12.2. The average molecular weight is 409 g/mol. The molecule has 0 aliphatic heterocycles. The molecule has 0 fully saturated rings. The summed E-state index contributed by atoms with van der Waals surface area (Å²) < 4.78 is 0. The minimum atomic E-state index is 0.568. The minimum absolute atomic E-state index is 0.568. The van der Waals surface area contributed by atoms with Crippen molar-refractivity contribution in [3.05, 3.63) is 68.8 Å². The topological polar surface area (TPSA) is 0 Å². The quantitative estimate of drug-likeness (QED) is 0.446. The molecule has 0 amide bonds.